The predicted octanol–water partition coefficient (Wildman–Crippen LogP) is -3.57. The fraction of sp³-hybridized carbons (Fsp3) is 0.474. The number of β-lactam (4-membered cyclic amide) rings is 1. The van der Waals surface area contributed by atoms with Crippen LogP contribution in [0.2, 0.25) is 0 Å². The number of carbonyl (C=O) groups is 3. The minimum Gasteiger partial charge on any atom is -0.478 e. The zero-order chi connectivity index (χ0) is 29.9. The molecule has 3 heterocycles. The van der Waals surface area contributed by atoms with E-state index in [4.69, 9.17) is 21.7 Å². The van der Waals surface area contributed by atoms with Crippen LogP contribution >= 0.6 is 11.3 Å². The molecule has 2 aromatic heterocycles. The lowest BCUT2D eigenvalue weighted by Gasteiger charge is -2.43. The second-order valence-electron chi connectivity index (χ2n) is 8.87. The minimum atomic E-state index is -5.02. The second kappa shape index (κ2) is 11.6. The number of rotatable bonds is 13. The maximum Gasteiger partial charge on any atom is 0.362 e. The van der Waals surface area contributed by atoms with E-state index in [1.54, 1.807) is 0 Å². The van der Waals surface area contributed by atoms with Crippen LogP contribution in [0.3, 0.4) is 0 Å². The van der Waals surface area contributed by atoms with Crippen molar-refractivity contribution in [3.05, 3.63) is 23.0 Å². The van der Waals surface area contributed by atoms with Crippen molar-refractivity contribution in [2.45, 2.75) is 43.6 Å². The average molecular weight is 615 g/mol. The van der Waals surface area contributed by atoms with E-state index in [1.807, 2.05) is 0 Å². The van der Waals surface area contributed by atoms with Gasteiger partial charge in [0.1, 0.15) is 23.5 Å². The molecule has 2 atom stereocenters. The Hall–Kier alpha value is -4.41. The SMILES string of the molecule is N=C(NCCN)NCc1cnn(CC2C(NC(=O)/C(=N\OC3(C(=O)O)CC3)c3csc(N)n3)C(=O)N2S(=O)(=O)O)n1. The topological polar surface area (TPSA) is 306 Å². The molecule has 4 rings (SSSR count). The summed E-state index contributed by atoms with van der Waals surface area (Å²) in [5, 5.41) is 38.1. The van der Waals surface area contributed by atoms with Crippen molar-refractivity contribution in [2.24, 2.45) is 10.9 Å². The first-order chi connectivity index (χ1) is 19.3. The van der Waals surface area contributed by atoms with Gasteiger partial charge in [0.15, 0.2) is 16.8 Å². The van der Waals surface area contributed by atoms with Crippen molar-refractivity contribution in [2.75, 3.05) is 18.8 Å². The fourth-order valence-electron chi connectivity index (χ4n) is 3.65. The minimum absolute atomic E-state index is 0.00538. The number of hydrogen-bond acceptors (Lipinski definition) is 14. The third kappa shape index (κ3) is 6.67. The van der Waals surface area contributed by atoms with E-state index in [1.165, 1.54) is 11.6 Å². The van der Waals surface area contributed by atoms with Gasteiger partial charge >= 0.3 is 16.3 Å². The van der Waals surface area contributed by atoms with Crippen LogP contribution < -0.4 is 27.4 Å². The Morgan fingerprint density at radius 1 is 1.34 bits per heavy atom. The van der Waals surface area contributed by atoms with Crippen molar-refractivity contribution in [1.82, 2.24) is 40.2 Å². The molecule has 2 aliphatic rings. The summed E-state index contributed by atoms with van der Waals surface area (Å²) in [4.78, 5) is 47.4. The summed E-state index contributed by atoms with van der Waals surface area (Å²) in [6, 6.07) is -2.84. The van der Waals surface area contributed by atoms with E-state index in [0.29, 0.717) is 18.8 Å². The molecule has 0 radical (unpaired) electrons. The van der Waals surface area contributed by atoms with Crippen LogP contribution in [0.15, 0.2) is 16.7 Å². The van der Waals surface area contributed by atoms with Crippen LogP contribution in [0, 0.1) is 5.41 Å². The van der Waals surface area contributed by atoms with Gasteiger partial charge in [0.05, 0.1) is 19.3 Å². The molecule has 0 bridgehead atoms. The summed E-state index contributed by atoms with van der Waals surface area (Å²) in [7, 11) is -5.02. The van der Waals surface area contributed by atoms with E-state index in [-0.39, 0.29) is 47.0 Å². The number of amides is 2. The smallest absolute Gasteiger partial charge is 0.362 e. The highest BCUT2D eigenvalue weighted by molar-refractivity contribution is 7.84. The van der Waals surface area contributed by atoms with Crippen molar-refractivity contribution in [1.29, 1.82) is 5.41 Å². The number of anilines is 1. The van der Waals surface area contributed by atoms with Crippen molar-refractivity contribution < 1.29 is 37.3 Å². The molecule has 1 aliphatic heterocycles. The summed E-state index contributed by atoms with van der Waals surface area (Å²) in [6.07, 6.45) is 1.65. The van der Waals surface area contributed by atoms with Crippen LogP contribution in [0.1, 0.15) is 24.2 Å². The molecule has 41 heavy (non-hydrogen) atoms. The normalized spacial score (nSPS) is 19.7. The molecule has 0 spiro atoms. The highest BCUT2D eigenvalue weighted by atomic mass is 32.2. The van der Waals surface area contributed by atoms with Crippen LogP contribution in [-0.4, -0.2) is 103 Å². The Morgan fingerprint density at radius 3 is 2.66 bits per heavy atom. The van der Waals surface area contributed by atoms with Crippen LogP contribution in [0.5, 0.6) is 0 Å². The molecular weight excluding hydrogens is 588 g/mol. The van der Waals surface area contributed by atoms with Crippen LogP contribution in [0.25, 0.3) is 0 Å². The number of nitrogens with zero attached hydrogens (tertiary/aromatic N) is 6. The highest BCUT2D eigenvalue weighted by Crippen LogP contribution is 2.40. The Labute approximate surface area is 235 Å². The number of nitrogens with two attached hydrogens (primary N) is 2. The number of oxime groups is 1. The molecule has 2 unspecified atom stereocenters. The average Bonchev–Trinajstić information content (AvgIpc) is 3.37. The zero-order valence-electron chi connectivity index (χ0n) is 21.1. The van der Waals surface area contributed by atoms with E-state index >= 15 is 0 Å². The van der Waals surface area contributed by atoms with Gasteiger partial charge < -0.3 is 37.4 Å². The molecule has 222 valence electrons. The van der Waals surface area contributed by atoms with Crippen LogP contribution in [0.4, 0.5) is 5.13 Å². The molecule has 1 saturated carbocycles. The lowest BCUT2D eigenvalue weighted by Crippen LogP contribution is -2.73. The maximum absolute atomic E-state index is 13.2. The van der Waals surface area contributed by atoms with Gasteiger partial charge in [0.25, 0.3) is 11.8 Å². The number of aliphatic carboxylic acids is 1. The third-order valence-electron chi connectivity index (χ3n) is 5.92. The third-order valence-corrected chi connectivity index (χ3v) is 7.54. The van der Waals surface area contributed by atoms with Gasteiger partial charge in [-0.25, -0.2) is 14.1 Å². The van der Waals surface area contributed by atoms with E-state index < -0.39 is 51.5 Å². The number of thiazole rings is 1. The summed E-state index contributed by atoms with van der Waals surface area (Å²) in [6.45, 7) is 0.413. The monoisotopic (exact) mass is 614 g/mol. The Balaban J connectivity index is 1.50. The summed E-state index contributed by atoms with van der Waals surface area (Å²) >= 11 is 0.961. The van der Waals surface area contributed by atoms with Crippen molar-refractivity contribution in [3.8, 4) is 0 Å². The Morgan fingerprint density at radius 2 is 2.07 bits per heavy atom. The van der Waals surface area contributed by atoms with Crippen molar-refractivity contribution in [3.63, 3.8) is 0 Å². The lowest BCUT2D eigenvalue weighted by atomic mass is 9.98. The predicted molar refractivity (Wildman–Crippen MR) is 140 cm³/mol. The molecule has 0 aromatic carbocycles. The van der Waals surface area contributed by atoms with E-state index in [0.717, 1.165) is 16.1 Å². The number of carbonyl (C=O) groups excluding carboxylic acids is 2. The molecule has 20 nitrogen and oxygen atoms in total. The molecule has 10 N–H and O–H groups in total. The first kappa shape index (κ1) is 29.6. The number of nitrogens with one attached hydrogen (secondary N) is 4. The fourth-order valence-corrected chi connectivity index (χ4v) is 5.07. The molecule has 1 saturated heterocycles. The number of hydrogen-bond donors (Lipinski definition) is 8. The van der Waals surface area contributed by atoms with Gasteiger partial charge in [-0.1, -0.05) is 5.16 Å². The second-order valence-corrected chi connectivity index (χ2v) is 11.0. The largest absolute Gasteiger partial charge is 0.478 e. The maximum atomic E-state index is 13.2. The number of carboxylic acids is 1. The van der Waals surface area contributed by atoms with Gasteiger partial charge in [-0.2, -0.15) is 23.4 Å². The number of carboxylic acid groups (broad SMARTS) is 1. The summed E-state index contributed by atoms with van der Waals surface area (Å²) in [5.74, 6) is -3.48. The Bertz CT molecular complexity index is 1480. The number of guanidine groups is 1. The van der Waals surface area contributed by atoms with Gasteiger partial charge in [-0.05, 0) is 0 Å². The molecular formula is C19H26N12O8S2. The van der Waals surface area contributed by atoms with Gasteiger partial charge in [0, 0.05) is 31.3 Å². The standard InChI is InChI=1S/C19H26N12O8S2/c20-3-4-23-17(21)24-5-9-6-25-30(28-9)7-11-13(15(33)31(11)41(36,37)38)27-14(32)12(10-8-40-18(22)26-10)29-39-19(1-2-19)16(34)35/h6,8,11,13H,1-5,7,20H2,(H2,22,26)(H,27,32)(H,34,35)(H3,21,23,24)(H,36,37,38)/b29-12-. The number of aromatic nitrogens is 4. The first-order valence-corrected chi connectivity index (χ1v) is 14.1. The molecule has 22 heteroatoms. The van der Waals surface area contributed by atoms with E-state index in [9.17, 15) is 32.5 Å². The quantitative estimate of drug-likeness (QED) is 0.0356. The van der Waals surface area contributed by atoms with Crippen LogP contribution in [-0.2, 0) is 42.6 Å². The zero-order valence-corrected chi connectivity index (χ0v) is 22.7. The highest BCUT2D eigenvalue weighted by Gasteiger charge is 2.56. The molecule has 2 aromatic rings. The Kier molecular flexibility index (Phi) is 8.37. The van der Waals surface area contributed by atoms with Crippen molar-refractivity contribution >= 4 is 56.2 Å². The van der Waals surface area contributed by atoms with Gasteiger partial charge in [0.2, 0.25) is 5.60 Å². The van der Waals surface area contributed by atoms with E-state index in [2.05, 4.69) is 36.3 Å². The van der Waals surface area contributed by atoms with Gasteiger partial charge in [-0.15, -0.1) is 11.3 Å². The molecule has 2 fully saturated rings. The summed E-state index contributed by atoms with van der Waals surface area (Å²) in [5.41, 5.74) is 9.20. The molecule has 1 aliphatic carbocycles. The lowest BCUT2D eigenvalue weighted by molar-refractivity contribution is -0.153. The first-order valence-electron chi connectivity index (χ1n) is 11.8. The number of nitrogen functional groups attached to an aromatic ring is 1. The van der Waals surface area contributed by atoms with Gasteiger partial charge in [-0.3, -0.25) is 19.6 Å². The molecule has 2 amide bonds. The summed E-state index contributed by atoms with van der Waals surface area (Å²) < 4.78 is 33.6.